The van der Waals surface area contributed by atoms with E-state index >= 15 is 0 Å². The molecule has 0 spiro atoms. The van der Waals surface area contributed by atoms with Crippen LogP contribution in [0.15, 0.2) is 10.7 Å². The molecule has 1 fully saturated rings. The van der Waals surface area contributed by atoms with Crippen LogP contribution in [-0.2, 0) is 18.3 Å². The van der Waals surface area contributed by atoms with Crippen LogP contribution in [0.3, 0.4) is 0 Å². The van der Waals surface area contributed by atoms with Crippen LogP contribution in [0, 0.1) is 0 Å². The van der Waals surface area contributed by atoms with E-state index in [1.54, 1.807) is 0 Å². The van der Waals surface area contributed by atoms with Crippen molar-refractivity contribution in [3.8, 4) is 0 Å². The van der Waals surface area contributed by atoms with Gasteiger partial charge in [-0.3, -0.25) is 9.58 Å². The second kappa shape index (κ2) is 4.42. The number of morpholine rings is 1. The summed E-state index contributed by atoms with van der Waals surface area (Å²) in [5, 5.41) is 4.39. The normalized spacial score (nSPS) is 18.7. The first kappa shape index (κ1) is 10.1. The summed E-state index contributed by atoms with van der Waals surface area (Å²) in [6.07, 6.45) is 1.98. The first-order valence-corrected chi connectivity index (χ1v) is 5.53. The molecule has 0 bridgehead atoms. The Labute approximate surface area is 92.0 Å². The van der Waals surface area contributed by atoms with Gasteiger partial charge in [0.05, 0.1) is 23.4 Å². The predicted molar refractivity (Wildman–Crippen MR) is 57.0 cm³/mol. The highest BCUT2D eigenvalue weighted by Crippen LogP contribution is 2.16. The van der Waals surface area contributed by atoms with Crippen molar-refractivity contribution in [1.29, 1.82) is 0 Å². The van der Waals surface area contributed by atoms with Gasteiger partial charge in [0.15, 0.2) is 0 Å². The van der Waals surface area contributed by atoms with E-state index in [4.69, 9.17) is 4.74 Å². The minimum absolute atomic E-state index is 0.838. The third kappa shape index (κ3) is 2.34. The monoisotopic (exact) mass is 259 g/mol. The minimum Gasteiger partial charge on any atom is -0.379 e. The van der Waals surface area contributed by atoms with Crippen molar-refractivity contribution in [3.63, 3.8) is 0 Å². The van der Waals surface area contributed by atoms with Crippen LogP contribution < -0.4 is 0 Å². The molecule has 0 aliphatic carbocycles. The number of ether oxygens (including phenoxy) is 1. The number of aromatic nitrogens is 2. The SMILES string of the molecule is Cn1cc(Br)c(CN2CCOCC2)n1. The fraction of sp³-hybridized carbons (Fsp3) is 0.667. The molecule has 1 aromatic rings. The Morgan fingerprint density at radius 3 is 2.79 bits per heavy atom. The average Bonchev–Trinajstić information content (AvgIpc) is 2.47. The van der Waals surface area contributed by atoms with Crippen LogP contribution in [0.4, 0.5) is 0 Å². The Morgan fingerprint density at radius 2 is 2.21 bits per heavy atom. The van der Waals surface area contributed by atoms with E-state index in [9.17, 15) is 0 Å². The Bertz CT molecular complexity index is 307. The zero-order valence-electron chi connectivity index (χ0n) is 8.24. The molecule has 0 unspecified atom stereocenters. The Morgan fingerprint density at radius 1 is 1.50 bits per heavy atom. The number of rotatable bonds is 2. The fourth-order valence-electron chi connectivity index (χ4n) is 1.58. The largest absolute Gasteiger partial charge is 0.379 e. The molecule has 5 heteroatoms. The Kier molecular flexibility index (Phi) is 3.20. The van der Waals surface area contributed by atoms with Crippen LogP contribution in [0.2, 0.25) is 0 Å². The molecule has 4 nitrogen and oxygen atoms in total. The molecule has 78 valence electrons. The lowest BCUT2D eigenvalue weighted by Crippen LogP contribution is -2.35. The summed E-state index contributed by atoms with van der Waals surface area (Å²) >= 11 is 3.50. The summed E-state index contributed by atoms with van der Waals surface area (Å²) in [7, 11) is 1.94. The van der Waals surface area contributed by atoms with Gasteiger partial charge in [-0.15, -0.1) is 0 Å². The molecule has 2 rings (SSSR count). The number of halogens is 1. The van der Waals surface area contributed by atoms with E-state index in [0.717, 1.165) is 43.0 Å². The van der Waals surface area contributed by atoms with Crippen molar-refractivity contribution in [2.45, 2.75) is 6.54 Å². The third-order valence-corrected chi connectivity index (χ3v) is 2.99. The smallest absolute Gasteiger partial charge is 0.0906 e. The average molecular weight is 260 g/mol. The topological polar surface area (TPSA) is 30.3 Å². The Balaban J connectivity index is 1.98. The van der Waals surface area contributed by atoms with Crippen LogP contribution in [0.5, 0.6) is 0 Å². The fourth-order valence-corrected chi connectivity index (χ4v) is 2.08. The summed E-state index contributed by atoms with van der Waals surface area (Å²) in [5.41, 5.74) is 1.11. The van der Waals surface area contributed by atoms with Crippen molar-refractivity contribution in [2.75, 3.05) is 26.3 Å². The van der Waals surface area contributed by atoms with E-state index in [0.29, 0.717) is 0 Å². The first-order chi connectivity index (χ1) is 6.75. The van der Waals surface area contributed by atoms with Crippen molar-refractivity contribution in [3.05, 3.63) is 16.4 Å². The van der Waals surface area contributed by atoms with Crippen molar-refractivity contribution in [2.24, 2.45) is 7.05 Å². The second-order valence-corrected chi connectivity index (χ2v) is 4.34. The quantitative estimate of drug-likeness (QED) is 0.795. The number of nitrogens with zero attached hydrogens (tertiary/aromatic N) is 3. The standard InChI is InChI=1S/C9H14BrN3O/c1-12-6-8(10)9(11-12)7-13-2-4-14-5-3-13/h6H,2-5,7H2,1H3. The van der Waals surface area contributed by atoms with Gasteiger partial charge < -0.3 is 4.74 Å². The molecule has 1 saturated heterocycles. The highest BCUT2D eigenvalue weighted by Gasteiger charge is 2.13. The van der Waals surface area contributed by atoms with Crippen molar-refractivity contribution >= 4 is 15.9 Å². The first-order valence-electron chi connectivity index (χ1n) is 4.74. The molecule has 0 N–H and O–H groups in total. The lowest BCUT2D eigenvalue weighted by Gasteiger charge is -2.25. The van der Waals surface area contributed by atoms with Gasteiger partial charge in [0.1, 0.15) is 0 Å². The second-order valence-electron chi connectivity index (χ2n) is 3.49. The summed E-state index contributed by atoms with van der Waals surface area (Å²) < 4.78 is 8.22. The van der Waals surface area contributed by atoms with Crippen LogP contribution in [0.1, 0.15) is 5.69 Å². The molecule has 0 radical (unpaired) electrons. The lowest BCUT2D eigenvalue weighted by molar-refractivity contribution is 0.0335. The minimum atomic E-state index is 0.838. The number of hydrogen-bond donors (Lipinski definition) is 0. The summed E-state index contributed by atoms with van der Waals surface area (Å²) in [6.45, 7) is 4.59. The van der Waals surface area contributed by atoms with Crippen LogP contribution >= 0.6 is 15.9 Å². The molecule has 1 aromatic heterocycles. The maximum Gasteiger partial charge on any atom is 0.0906 e. The lowest BCUT2D eigenvalue weighted by atomic mass is 10.3. The van der Waals surface area contributed by atoms with E-state index in [-0.39, 0.29) is 0 Å². The van der Waals surface area contributed by atoms with E-state index in [1.165, 1.54) is 0 Å². The van der Waals surface area contributed by atoms with Gasteiger partial charge in [0.2, 0.25) is 0 Å². The van der Waals surface area contributed by atoms with Crippen molar-refractivity contribution < 1.29 is 4.74 Å². The molecule has 1 aliphatic heterocycles. The van der Waals surface area contributed by atoms with Gasteiger partial charge in [-0.2, -0.15) is 5.10 Å². The summed E-state index contributed by atoms with van der Waals surface area (Å²) in [5.74, 6) is 0. The molecule has 0 saturated carbocycles. The van der Waals surface area contributed by atoms with Gasteiger partial charge in [0, 0.05) is 32.9 Å². The summed E-state index contributed by atoms with van der Waals surface area (Å²) in [6, 6.07) is 0. The van der Waals surface area contributed by atoms with Crippen LogP contribution in [-0.4, -0.2) is 41.0 Å². The maximum atomic E-state index is 5.29. The van der Waals surface area contributed by atoms with Crippen LogP contribution in [0.25, 0.3) is 0 Å². The number of aryl methyl sites for hydroxylation is 1. The van der Waals surface area contributed by atoms with Gasteiger partial charge in [-0.25, -0.2) is 0 Å². The Hall–Kier alpha value is -0.390. The predicted octanol–water partition coefficient (Wildman–Crippen LogP) is 1.01. The molecule has 14 heavy (non-hydrogen) atoms. The molecule has 0 aromatic carbocycles. The maximum absolute atomic E-state index is 5.29. The van der Waals surface area contributed by atoms with Gasteiger partial charge >= 0.3 is 0 Å². The van der Waals surface area contributed by atoms with Crippen molar-refractivity contribution in [1.82, 2.24) is 14.7 Å². The van der Waals surface area contributed by atoms with E-state index < -0.39 is 0 Å². The molecular formula is C9H14BrN3O. The third-order valence-electron chi connectivity index (χ3n) is 2.33. The van der Waals surface area contributed by atoms with Gasteiger partial charge in [0.25, 0.3) is 0 Å². The highest BCUT2D eigenvalue weighted by atomic mass is 79.9. The van der Waals surface area contributed by atoms with Gasteiger partial charge in [-0.05, 0) is 15.9 Å². The highest BCUT2D eigenvalue weighted by molar-refractivity contribution is 9.10. The van der Waals surface area contributed by atoms with E-state index in [2.05, 4.69) is 25.9 Å². The van der Waals surface area contributed by atoms with Gasteiger partial charge in [-0.1, -0.05) is 0 Å². The molecule has 2 heterocycles. The molecule has 0 atom stereocenters. The molecule has 1 aliphatic rings. The summed E-state index contributed by atoms with van der Waals surface area (Å²) in [4.78, 5) is 2.36. The number of hydrogen-bond acceptors (Lipinski definition) is 3. The molecular weight excluding hydrogens is 246 g/mol. The zero-order chi connectivity index (χ0) is 9.97. The zero-order valence-corrected chi connectivity index (χ0v) is 9.83. The molecule has 0 amide bonds. The van der Waals surface area contributed by atoms with E-state index in [1.807, 2.05) is 17.9 Å².